The Balaban J connectivity index is 1.44. The van der Waals surface area contributed by atoms with Crippen molar-refractivity contribution in [3.05, 3.63) is 104 Å². The van der Waals surface area contributed by atoms with Crippen LogP contribution in [0.4, 0.5) is 11.4 Å². The average molecular weight is 470 g/mol. The molecule has 9 nitrogen and oxygen atoms in total. The minimum Gasteiger partial charge on any atom is -0.452 e. The first-order valence-corrected chi connectivity index (χ1v) is 10.9. The second-order valence-electron chi connectivity index (χ2n) is 8.37. The molecule has 0 spiro atoms. The highest BCUT2D eigenvalue weighted by molar-refractivity contribution is 6.30. The maximum absolute atomic E-state index is 13.1. The molecule has 0 saturated carbocycles. The summed E-state index contributed by atoms with van der Waals surface area (Å²) in [5.74, 6) is -2.88. The van der Waals surface area contributed by atoms with E-state index in [1.54, 1.807) is 24.3 Å². The zero-order chi connectivity index (χ0) is 24.9. The number of hydrogen-bond donors (Lipinski definition) is 0. The second kappa shape index (κ2) is 8.28. The van der Waals surface area contributed by atoms with Crippen molar-refractivity contribution in [2.75, 3.05) is 11.5 Å². The third-order valence-corrected chi connectivity index (χ3v) is 6.27. The molecule has 9 heteroatoms. The van der Waals surface area contributed by atoms with E-state index < -0.39 is 51.8 Å². The lowest BCUT2D eigenvalue weighted by molar-refractivity contribution is -0.385. The maximum atomic E-state index is 13.1. The Labute approximate surface area is 199 Å². The lowest BCUT2D eigenvalue weighted by Gasteiger charge is -2.22. The normalized spacial score (nSPS) is 15.8. The summed E-state index contributed by atoms with van der Waals surface area (Å²) < 4.78 is 5.15. The highest BCUT2D eigenvalue weighted by Crippen LogP contribution is 2.36. The third-order valence-electron chi connectivity index (χ3n) is 6.27. The van der Waals surface area contributed by atoms with Crippen LogP contribution in [0.3, 0.4) is 0 Å². The third kappa shape index (κ3) is 3.48. The van der Waals surface area contributed by atoms with Gasteiger partial charge in [0.05, 0.1) is 4.92 Å². The lowest BCUT2D eigenvalue weighted by Crippen LogP contribution is -2.38. The van der Waals surface area contributed by atoms with Crippen LogP contribution in [0.15, 0.2) is 60.7 Å². The van der Waals surface area contributed by atoms with Crippen molar-refractivity contribution in [2.45, 2.75) is 19.4 Å². The number of nitrogens with zero attached hydrogens (tertiary/aromatic N) is 2. The van der Waals surface area contributed by atoms with Crippen LogP contribution >= 0.6 is 0 Å². The first-order chi connectivity index (χ1) is 16.8. The maximum Gasteiger partial charge on any atom is 0.345 e. The van der Waals surface area contributed by atoms with Crippen molar-refractivity contribution in [3.63, 3.8) is 0 Å². The Kier molecular flexibility index (Phi) is 5.24. The first-order valence-electron chi connectivity index (χ1n) is 10.9. The smallest absolute Gasteiger partial charge is 0.345 e. The van der Waals surface area contributed by atoms with Gasteiger partial charge in [-0.1, -0.05) is 42.5 Å². The first kappa shape index (κ1) is 22.1. The van der Waals surface area contributed by atoms with Crippen molar-refractivity contribution in [1.82, 2.24) is 0 Å². The number of anilines is 1. The molecule has 0 fully saturated rings. The van der Waals surface area contributed by atoms with Gasteiger partial charge in [0, 0.05) is 28.4 Å². The molecular weight excluding hydrogens is 452 g/mol. The van der Waals surface area contributed by atoms with E-state index in [1.807, 2.05) is 19.1 Å². The standard InChI is InChI=1S/C26H18N2O7/c1-14-12-15-6-2-5-9-20(15)27(14)21(29)13-35-26(32)19-11-10-18-22(23(19)28(33)34)25(31)17-8-4-3-7-16(17)24(18)30/h2-11,14H,12-13H2,1H3/t14-/m0/s1. The molecule has 2 aliphatic rings. The molecule has 0 saturated heterocycles. The van der Waals surface area contributed by atoms with Gasteiger partial charge in [0.15, 0.2) is 12.4 Å². The Morgan fingerprint density at radius 2 is 1.63 bits per heavy atom. The van der Waals surface area contributed by atoms with Crippen LogP contribution in [0.25, 0.3) is 0 Å². The minimum atomic E-state index is -1.13. The van der Waals surface area contributed by atoms with Crippen LogP contribution < -0.4 is 4.90 Å². The summed E-state index contributed by atoms with van der Waals surface area (Å²) in [4.78, 5) is 64.2. The number of benzene rings is 3. The van der Waals surface area contributed by atoms with Crippen LogP contribution in [-0.4, -0.2) is 41.0 Å². The molecule has 0 unspecified atom stereocenters. The number of amides is 1. The number of para-hydroxylation sites is 1. The molecule has 1 aliphatic heterocycles. The van der Waals surface area contributed by atoms with Gasteiger partial charge in [0.25, 0.3) is 11.6 Å². The van der Waals surface area contributed by atoms with Gasteiger partial charge in [0.1, 0.15) is 11.1 Å². The quantitative estimate of drug-likeness (QED) is 0.254. The zero-order valence-electron chi connectivity index (χ0n) is 18.5. The van der Waals surface area contributed by atoms with Gasteiger partial charge in [-0.2, -0.15) is 0 Å². The van der Waals surface area contributed by atoms with Crippen LogP contribution in [0.2, 0.25) is 0 Å². The van der Waals surface area contributed by atoms with Crippen LogP contribution in [0, 0.1) is 10.1 Å². The Morgan fingerprint density at radius 1 is 0.971 bits per heavy atom. The molecule has 5 rings (SSSR count). The van der Waals surface area contributed by atoms with Crippen molar-refractivity contribution >= 4 is 34.8 Å². The summed E-state index contributed by atoms with van der Waals surface area (Å²) in [5, 5.41) is 11.9. The monoisotopic (exact) mass is 470 g/mol. The van der Waals surface area contributed by atoms with Crippen molar-refractivity contribution < 1.29 is 28.8 Å². The molecule has 3 aromatic rings. The SMILES string of the molecule is C[C@H]1Cc2ccccc2N1C(=O)COC(=O)c1ccc2c(c1[N+](=O)[O-])C(=O)c1ccccc1C2=O. The number of esters is 1. The number of carbonyl (C=O) groups is 4. The molecular formula is C26H18N2O7. The molecule has 1 amide bonds. The van der Waals surface area contributed by atoms with E-state index in [1.165, 1.54) is 23.1 Å². The van der Waals surface area contributed by atoms with E-state index in [0.717, 1.165) is 17.3 Å². The summed E-state index contributed by atoms with van der Waals surface area (Å²) in [6.45, 7) is 1.23. The van der Waals surface area contributed by atoms with E-state index in [4.69, 9.17) is 4.74 Å². The Bertz CT molecular complexity index is 1460. The van der Waals surface area contributed by atoms with Crippen molar-refractivity contribution in [3.8, 4) is 0 Å². The van der Waals surface area contributed by atoms with Crippen LogP contribution in [-0.2, 0) is 16.0 Å². The molecule has 0 aromatic heterocycles. The number of fused-ring (bicyclic) bond motifs is 3. The average Bonchev–Trinajstić information content (AvgIpc) is 3.20. The summed E-state index contributed by atoms with van der Waals surface area (Å²) in [6.07, 6.45) is 0.657. The molecule has 1 aliphatic carbocycles. The highest BCUT2D eigenvalue weighted by Gasteiger charge is 2.39. The Morgan fingerprint density at radius 3 is 2.34 bits per heavy atom. The molecule has 35 heavy (non-hydrogen) atoms. The largest absolute Gasteiger partial charge is 0.452 e. The molecule has 1 heterocycles. The van der Waals surface area contributed by atoms with E-state index >= 15 is 0 Å². The molecule has 174 valence electrons. The zero-order valence-corrected chi connectivity index (χ0v) is 18.5. The van der Waals surface area contributed by atoms with E-state index in [-0.39, 0.29) is 22.7 Å². The minimum absolute atomic E-state index is 0.0236. The van der Waals surface area contributed by atoms with E-state index in [2.05, 4.69) is 0 Å². The number of hydrogen-bond acceptors (Lipinski definition) is 7. The Hall–Kier alpha value is -4.66. The van der Waals surface area contributed by atoms with Gasteiger partial charge in [-0.25, -0.2) is 4.79 Å². The van der Waals surface area contributed by atoms with Gasteiger partial charge in [0.2, 0.25) is 5.78 Å². The number of carbonyl (C=O) groups excluding carboxylic acids is 4. The van der Waals surface area contributed by atoms with Gasteiger partial charge in [-0.3, -0.25) is 24.5 Å². The predicted octanol–water partition coefficient (Wildman–Crippen LogP) is 3.50. The number of ketones is 2. The molecule has 0 radical (unpaired) electrons. The summed E-state index contributed by atoms with van der Waals surface area (Å²) in [6, 6.07) is 15.5. The van der Waals surface area contributed by atoms with Gasteiger partial charge >= 0.3 is 5.97 Å². The predicted molar refractivity (Wildman–Crippen MR) is 124 cm³/mol. The summed E-state index contributed by atoms with van der Waals surface area (Å²) in [5.41, 5.74) is -0.0468. The van der Waals surface area contributed by atoms with Gasteiger partial charge in [-0.15, -0.1) is 0 Å². The van der Waals surface area contributed by atoms with Crippen molar-refractivity contribution in [2.24, 2.45) is 0 Å². The molecule has 3 aromatic carbocycles. The summed E-state index contributed by atoms with van der Waals surface area (Å²) in [7, 11) is 0. The number of nitro groups is 1. The number of rotatable bonds is 4. The number of ether oxygens (including phenoxy) is 1. The lowest BCUT2D eigenvalue weighted by atomic mass is 9.82. The molecule has 0 bridgehead atoms. The topological polar surface area (TPSA) is 124 Å². The van der Waals surface area contributed by atoms with Gasteiger partial charge < -0.3 is 9.64 Å². The van der Waals surface area contributed by atoms with Crippen LogP contribution in [0.5, 0.6) is 0 Å². The summed E-state index contributed by atoms with van der Waals surface area (Å²) >= 11 is 0. The number of nitro benzene ring substituents is 1. The second-order valence-corrected chi connectivity index (χ2v) is 8.37. The van der Waals surface area contributed by atoms with E-state index in [0.29, 0.717) is 6.42 Å². The molecule has 0 N–H and O–H groups in total. The van der Waals surface area contributed by atoms with Gasteiger partial charge in [-0.05, 0) is 37.1 Å². The fourth-order valence-corrected chi connectivity index (χ4v) is 4.74. The highest BCUT2D eigenvalue weighted by atomic mass is 16.6. The van der Waals surface area contributed by atoms with Crippen LogP contribution in [0.1, 0.15) is 54.7 Å². The fourth-order valence-electron chi connectivity index (χ4n) is 4.74. The van der Waals surface area contributed by atoms with Crippen molar-refractivity contribution in [1.29, 1.82) is 0 Å². The molecule has 1 atom stereocenters. The fraction of sp³-hybridized carbons (Fsp3) is 0.154. The van der Waals surface area contributed by atoms with E-state index in [9.17, 15) is 29.3 Å².